The molecule has 0 radical (unpaired) electrons. The predicted octanol–water partition coefficient (Wildman–Crippen LogP) is 2.86. The first-order chi connectivity index (χ1) is 11.9. The summed E-state index contributed by atoms with van der Waals surface area (Å²) in [7, 11) is -3.66. The number of carbonyl (C=O) groups excluding carboxylic acids is 1. The quantitative estimate of drug-likeness (QED) is 0.805. The number of amides is 1. The van der Waals surface area contributed by atoms with Crippen LogP contribution in [0.5, 0.6) is 0 Å². The van der Waals surface area contributed by atoms with Crippen molar-refractivity contribution in [2.24, 2.45) is 0 Å². The van der Waals surface area contributed by atoms with Crippen LogP contribution < -0.4 is 5.32 Å². The maximum Gasteiger partial charge on any atom is 0.241 e. The predicted molar refractivity (Wildman–Crippen MR) is 99.6 cm³/mol. The van der Waals surface area contributed by atoms with E-state index in [0.29, 0.717) is 5.13 Å². The van der Waals surface area contributed by atoms with Crippen LogP contribution in [0.2, 0.25) is 0 Å². The summed E-state index contributed by atoms with van der Waals surface area (Å²) in [6.45, 7) is 1.69. The minimum absolute atomic E-state index is 0.103. The molecule has 0 atom stereocenters. The largest absolute Gasteiger partial charge is 0.301 e. The zero-order valence-corrected chi connectivity index (χ0v) is 15.4. The van der Waals surface area contributed by atoms with E-state index in [2.05, 4.69) is 10.3 Å². The molecule has 3 rings (SSSR count). The number of nitrogens with zero attached hydrogens (tertiary/aromatic N) is 2. The summed E-state index contributed by atoms with van der Waals surface area (Å²) < 4.78 is 26.5. The number of rotatable bonds is 7. The average molecular weight is 377 g/mol. The van der Waals surface area contributed by atoms with Crippen LogP contribution in [0.4, 0.5) is 5.13 Å². The van der Waals surface area contributed by atoms with E-state index in [1.165, 1.54) is 21.1 Å². The summed E-state index contributed by atoms with van der Waals surface area (Å²) in [6.07, 6.45) is 4.77. The fourth-order valence-corrected chi connectivity index (χ4v) is 4.40. The molecule has 1 aliphatic rings. The van der Waals surface area contributed by atoms with E-state index in [-0.39, 0.29) is 18.5 Å². The van der Waals surface area contributed by atoms with Crippen molar-refractivity contribution in [3.8, 4) is 0 Å². The van der Waals surface area contributed by atoms with Crippen LogP contribution >= 0.6 is 11.3 Å². The molecule has 1 saturated carbocycles. The monoisotopic (exact) mass is 377 g/mol. The number of aromatic nitrogens is 1. The zero-order chi connectivity index (χ0) is 17.9. The van der Waals surface area contributed by atoms with Gasteiger partial charge >= 0.3 is 0 Å². The van der Waals surface area contributed by atoms with Crippen molar-refractivity contribution in [2.75, 3.05) is 11.9 Å². The van der Waals surface area contributed by atoms with Crippen LogP contribution in [-0.2, 0) is 14.8 Å². The number of nitrogens with one attached hydrogen (secondary N) is 1. The van der Waals surface area contributed by atoms with Crippen LogP contribution in [0.1, 0.15) is 23.3 Å². The van der Waals surface area contributed by atoms with Gasteiger partial charge in [0.05, 0.1) is 6.54 Å². The minimum Gasteiger partial charge on any atom is -0.301 e. The highest BCUT2D eigenvalue weighted by Gasteiger charge is 2.37. The third-order valence-electron chi connectivity index (χ3n) is 3.68. The van der Waals surface area contributed by atoms with Crippen molar-refractivity contribution in [1.29, 1.82) is 0 Å². The Hall–Kier alpha value is -2.03. The summed E-state index contributed by atoms with van der Waals surface area (Å²) in [4.78, 5) is 17.3. The molecule has 0 unspecified atom stereocenters. The average Bonchev–Trinajstić information content (AvgIpc) is 3.34. The Labute approximate surface area is 151 Å². The first kappa shape index (κ1) is 17.8. The zero-order valence-electron chi connectivity index (χ0n) is 13.8. The Bertz CT molecular complexity index is 872. The highest BCUT2D eigenvalue weighted by Crippen LogP contribution is 2.30. The number of benzene rings is 1. The SMILES string of the molecule is Cc1cnc(NC(=O)CN(C2CC2)S(=O)(=O)/C=C/c2ccccc2)s1. The second-order valence-corrected chi connectivity index (χ2v) is 8.86. The molecule has 1 heterocycles. The van der Waals surface area contributed by atoms with E-state index in [1.54, 1.807) is 12.3 Å². The van der Waals surface area contributed by atoms with Crippen molar-refractivity contribution in [3.63, 3.8) is 0 Å². The fourth-order valence-electron chi connectivity index (χ4n) is 2.31. The molecule has 1 N–H and O–H groups in total. The van der Waals surface area contributed by atoms with Crippen LogP contribution in [0.3, 0.4) is 0 Å². The molecule has 1 amide bonds. The van der Waals surface area contributed by atoms with Gasteiger partial charge in [0, 0.05) is 22.5 Å². The molecule has 1 aliphatic carbocycles. The minimum atomic E-state index is -3.66. The third kappa shape index (κ3) is 4.97. The van der Waals surface area contributed by atoms with Gasteiger partial charge in [-0.15, -0.1) is 11.3 Å². The van der Waals surface area contributed by atoms with E-state index in [4.69, 9.17) is 0 Å². The Morgan fingerprint density at radius 3 is 2.68 bits per heavy atom. The van der Waals surface area contributed by atoms with Gasteiger partial charge in [-0.1, -0.05) is 30.3 Å². The molecule has 6 nitrogen and oxygen atoms in total. The lowest BCUT2D eigenvalue weighted by Crippen LogP contribution is -2.38. The number of hydrogen-bond acceptors (Lipinski definition) is 5. The molecule has 0 aliphatic heterocycles. The highest BCUT2D eigenvalue weighted by molar-refractivity contribution is 7.92. The molecule has 0 bridgehead atoms. The van der Waals surface area contributed by atoms with Gasteiger partial charge in [0.25, 0.3) is 0 Å². The summed E-state index contributed by atoms with van der Waals surface area (Å²) >= 11 is 1.36. The Morgan fingerprint density at radius 1 is 1.36 bits per heavy atom. The van der Waals surface area contributed by atoms with E-state index < -0.39 is 10.0 Å². The smallest absolute Gasteiger partial charge is 0.241 e. The van der Waals surface area contributed by atoms with Gasteiger partial charge in [-0.25, -0.2) is 13.4 Å². The maximum atomic E-state index is 12.6. The number of aryl methyl sites for hydroxylation is 1. The van der Waals surface area contributed by atoms with Crippen LogP contribution in [0, 0.1) is 6.92 Å². The Kier molecular flexibility index (Phi) is 5.31. The standard InChI is InChI=1S/C17H19N3O3S2/c1-13-11-18-17(24-13)19-16(21)12-20(15-7-8-15)25(22,23)10-9-14-5-3-2-4-6-14/h2-6,9-11,15H,7-8,12H2,1H3,(H,18,19,21)/b10-9+. The van der Waals surface area contributed by atoms with Crippen molar-refractivity contribution < 1.29 is 13.2 Å². The summed E-state index contributed by atoms with van der Waals surface area (Å²) in [5, 5.41) is 4.31. The molecule has 0 spiro atoms. The van der Waals surface area contributed by atoms with E-state index in [1.807, 2.05) is 37.3 Å². The number of thiazole rings is 1. The lowest BCUT2D eigenvalue weighted by Gasteiger charge is -2.18. The molecule has 2 aromatic rings. The highest BCUT2D eigenvalue weighted by atomic mass is 32.2. The van der Waals surface area contributed by atoms with Gasteiger partial charge < -0.3 is 5.32 Å². The fraction of sp³-hybridized carbons (Fsp3) is 0.294. The number of anilines is 1. The van der Waals surface area contributed by atoms with Crippen LogP contribution in [0.25, 0.3) is 6.08 Å². The molecule has 1 aromatic carbocycles. The normalized spacial score (nSPS) is 15.0. The van der Waals surface area contributed by atoms with Crippen molar-refractivity contribution >= 4 is 38.5 Å². The molecule has 132 valence electrons. The Morgan fingerprint density at radius 2 is 2.08 bits per heavy atom. The lowest BCUT2D eigenvalue weighted by atomic mass is 10.2. The molecular formula is C17H19N3O3S2. The second-order valence-electron chi connectivity index (χ2n) is 5.86. The molecular weight excluding hydrogens is 358 g/mol. The van der Waals surface area contributed by atoms with Crippen LogP contribution in [0.15, 0.2) is 41.9 Å². The van der Waals surface area contributed by atoms with Gasteiger partial charge in [-0.05, 0) is 31.4 Å². The van der Waals surface area contributed by atoms with E-state index in [9.17, 15) is 13.2 Å². The van der Waals surface area contributed by atoms with Gasteiger partial charge in [-0.2, -0.15) is 4.31 Å². The summed E-state index contributed by atoms with van der Waals surface area (Å²) in [6, 6.07) is 9.10. The van der Waals surface area contributed by atoms with E-state index >= 15 is 0 Å². The van der Waals surface area contributed by atoms with Crippen molar-refractivity contribution in [2.45, 2.75) is 25.8 Å². The topological polar surface area (TPSA) is 79.4 Å². The molecule has 1 aromatic heterocycles. The van der Waals surface area contributed by atoms with Gasteiger partial charge in [-0.3, -0.25) is 4.79 Å². The second kappa shape index (κ2) is 7.47. The summed E-state index contributed by atoms with van der Waals surface area (Å²) in [5.74, 6) is -0.377. The van der Waals surface area contributed by atoms with Gasteiger partial charge in [0.15, 0.2) is 5.13 Å². The van der Waals surface area contributed by atoms with Gasteiger partial charge in [0.1, 0.15) is 0 Å². The molecule has 8 heteroatoms. The number of sulfonamides is 1. The first-order valence-corrected chi connectivity index (χ1v) is 10.2. The third-order valence-corrected chi connectivity index (χ3v) is 6.07. The Balaban J connectivity index is 1.69. The summed E-state index contributed by atoms with van der Waals surface area (Å²) in [5.41, 5.74) is 0.796. The van der Waals surface area contributed by atoms with Crippen molar-refractivity contribution in [3.05, 3.63) is 52.4 Å². The molecule has 1 fully saturated rings. The number of carbonyl (C=O) groups is 1. The maximum absolute atomic E-state index is 12.6. The number of hydrogen-bond donors (Lipinski definition) is 1. The first-order valence-electron chi connectivity index (χ1n) is 7.91. The van der Waals surface area contributed by atoms with Gasteiger partial charge in [0.2, 0.25) is 15.9 Å². The van der Waals surface area contributed by atoms with Crippen molar-refractivity contribution in [1.82, 2.24) is 9.29 Å². The lowest BCUT2D eigenvalue weighted by molar-refractivity contribution is -0.116. The molecule has 0 saturated heterocycles. The van der Waals surface area contributed by atoms with Crippen LogP contribution in [-0.4, -0.2) is 36.2 Å². The molecule has 25 heavy (non-hydrogen) atoms. The van der Waals surface area contributed by atoms with E-state index in [0.717, 1.165) is 23.3 Å².